The highest BCUT2D eigenvalue weighted by atomic mass is 35.5. The predicted octanol–water partition coefficient (Wildman–Crippen LogP) is 4.22. The third-order valence-electron chi connectivity index (χ3n) is 5.30. The Bertz CT molecular complexity index is 1230. The van der Waals surface area contributed by atoms with Crippen LogP contribution in [0.2, 0.25) is 5.02 Å². The van der Waals surface area contributed by atoms with E-state index in [1.54, 1.807) is 30.3 Å². The lowest BCUT2D eigenvalue weighted by molar-refractivity contribution is -0.139. The molecule has 32 heavy (non-hydrogen) atoms. The van der Waals surface area contributed by atoms with Gasteiger partial charge < -0.3 is 9.84 Å². The minimum Gasteiger partial charge on any atom is -0.482 e. The number of sulfonamides is 1. The fourth-order valence-corrected chi connectivity index (χ4v) is 5.12. The topological polar surface area (TPSA) is 106 Å². The molecule has 0 saturated heterocycles. The van der Waals surface area contributed by atoms with Gasteiger partial charge in [0.25, 0.3) is 0 Å². The van der Waals surface area contributed by atoms with E-state index in [4.69, 9.17) is 21.4 Å². The maximum Gasteiger partial charge on any atom is 0.341 e. The molecule has 1 aliphatic rings. The molecule has 2 N–H and O–H groups in total. The van der Waals surface area contributed by atoms with E-state index < -0.39 is 28.6 Å². The van der Waals surface area contributed by atoms with Crippen molar-refractivity contribution in [1.29, 1.82) is 0 Å². The highest BCUT2D eigenvalue weighted by molar-refractivity contribution is 7.89. The summed E-state index contributed by atoms with van der Waals surface area (Å²) < 4.78 is 34.2. The predicted molar refractivity (Wildman–Crippen MR) is 120 cm³/mol. The number of benzene rings is 2. The average Bonchev–Trinajstić information content (AvgIpc) is 2.78. The summed E-state index contributed by atoms with van der Waals surface area (Å²) >= 11 is 5.91. The maximum absolute atomic E-state index is 13.0. The highest BCUT2D eigenvalue weighted by Gasteiger charge is 2.28. The molecule has 4 rings (SSSR count). The Morgan fingerprint density at radius 2 is 1.94 bits per heavy atom. The van der Waals surface area contributed by atoms with E-state index in [2.05, 4.69) is 9.71 Å². The molecule has 0 radical (unpaired) electrons. The number of ether oxygens (including phenoxy) is 1. The van der Waals surface area contributed by atoms with Crippen LogP contribution in [0.4, 0.5) is 0 Å². The fraction of sp³-hybridized carbons (Fsp3) is 0.217. The minimum absolute atomic E-state index is 0.0700. The number of carbonyl (C=O) groups is 1. The standard InChI is InChI=1S/C23H21ClN2O5S/c24-16-9-7-15(8-10-16)20-12-11-17(13-25-20)32(29,30)26-21-5-1-4-19-18(21)3-2-6-22(19)31-14-23(27)28/h2-3,6-13,21,26H,1,4-5,14H2,(H,27,28). The van der Waals surface area contributed by atoms with Crippen LogP contribution in [0.5, 0.6) is 5.75 Å². The molecule has 1 aliphatic carbocycles. The van der Waals surface area contributed by atoms with Crippen molar-refractivity contribution < 1.29 is 23.1 Å². The van der Waals surface area contributed by atoms with E-state index in [0.29, 0.717) is 29.3 Å². The van der Waals surface area contributed by atoms with Crippen LogP contribution in [0.25, 0.3) is 11.3 Å². The molecule has 166 valence electrons. The van der Waals surface area contributed by atoms with Gasteiger partial charge in [0.1, 0.15) is 10.6 Å². The molecule has 7 nitrogen and oxygen atoms in total. The molecule has 1 aromatic heterocycles. The van der Waals surface area contributed by atoms with E-state index in [1.807, 2.05) is 18.2 Å². The number of aliphatic carboxylic acids is 1. The second-order valence-electron chi connectivity index (χ2n) is 7.46. The Kier molecular flexibility index (Phi) is 6.45. The summed E-state index contributed by atoms with van der Waals surface area (Å²) in [5.41, 5.74) is 3.11. The normalized spacial score (nSPS) is 15.7. The SMILES string of the molecule is O=C(O)COc1cccc2c1CCCC2NS(=O)(=O)c1ccc(-c2ccc(Cl)cc2)nc1. The molecule has 0 aliphatic heterocycles. The summed E-state index contributed by atoms with van der Waals surface area (Å²) in [6.07, 6.45) is 3.41. The van der Waals surface area contributed by atoms with Crippen molar-refractivity contribution in [3.63, 3.8) is 0 Å². The molecule has 1 unspecified atom stereocenters. The smallest absolute Gasteiger partial charge is 0.341 e. The number of carboxylic acid groups (broad SMARTS) is 1. The van der Waals surface area contributed by atoms with E-state index in [1.165, 1.54) is 12.3 Å². The molecule has 0 spiro atoms. The number of rotatable bonds is 7. The Hall–Kier alpha value is -2.94. The molecule has 0 saturated carbocycles. The van der Waals surface area contributed by atoms with Gasteiger partial charge in [-0.05, 0) is 60.7 Å². The molecule has 0 amide bonds. The first-order chi connectivity index (χ1) is 15.3. The Balaban J connectivity index is 1.55. The van der Waals surface area contributed by atoms with E-state index in [-0.39, 0.29) is 4.90 Å². The Morgan fingerprint density at radius 3 is 2.62 bits per heavy atom. The van der Waals surface area contributed by atoms with Crippen LogP contribution in [0, 0.1) is 0 Å². The van der Waals surface area contributed by atoms with Gasteiger partial charge in [-0.2, -0.15) is 0 Å². The number of halogens is 1. The summed E-state index contributed by atoms with van der Waals surface area (Å²) in [5, 5.41) is 9.50. The quantitative estimate of drug-likeness (QED) is 0.533. The number of nitrogens with one attached hydrogen (secondary N) is 1. The summed E-state index contributed by atoms with van der Waals surface area (Å²) in [6, 6.07) is 15.2. The highest BCUT2D eigenvalue weighted by Crippen LogP contribution is 2.36. The van der Waals surface area contributed by atoms with E-state index in [9.17, 15) is 13.2 Å². The third kappa shape index (κ3) is 4.93. The maximum atomic E-state index is 13.0. The molecule has 3 aromatic rings. The minimum atomic E-state index is -3.82. The summed E-state index contributed by atoms with van der Waals surface area (Å²) in [5.74, 6) is -0.590. The van der Waals surface area contributed by atoms with Crippen LogP contribution in [0.15, 0.2) is 65.7 Å². The van der Waals surface area contributed by atoms with Gasteiger partial charge >= 0.3 is 5.97 Å². The van der Waals surface area contributed by atoms with Gasteiger partial charge in [0.05, 0.1) is 5.69 Å². The van der Waals surface area contributed by atoms with Crippen LogP contribution in [-0.2, 0) is 21.2 Å². The van der Waals surface area contributed by atoms with Gasteiger partial charge in [-0.3, -0.25) is 4.98 Å². The number of hydrogen-bond acceptors (Lipinski definition) is 5. The van der Waals surface area contributed by atoms with E-state index >= 15 is 0 Å². The van der Waals surface area contributed by atoms with Crippen molar-refractivity contribution >= 4 is 27.6 Å². The van der Waals surface area contributed by atoms with Crippen LogP contribution in [0.3, 0.4) is 0 Å². The second-order valence-corrected chi connectivity index (χ2v) is 9.61. The summed E-state index contributed by atoms with van der Waals surface area (Å²) in [4.78, 5) is 15.2. The van der Waals surface area contributed by atoms with Gasteiger partial charge in [0.2, 0.25) is 10.0 Å². The van der Waals surface area contributed by atoms with Crippen molar-refractivity contribution in [2.24, 2.45) is 0 Å². The fourth-order valence-electron chi connectivity index (χ4n) is 3.80. The summed E-state index contributed by atoms with van der Waals surface area (Å²) in [6.45, 7) is -0.446. The lowest BCUT2D eigenvalue weighted by Crippen LogP contribution is -2.31. The molecule has 2 aromatic carbocycles. The summed E-state index contributed by atoms with van der Waals surface area (Å²) in [7, 11) is -3.82. The van der Waals surface area contributed by atoms with E-state index in [0.717, 1.165) is 23.1 Å². The van der Waals surface area contributed by atoms with Gasteiger partial charge in [0, 0.05) is 22.8 Å². The van der Waals surface area contributed by atoms with Gasteiger partial charge in [-0.25, -0.2) is 17.9 Å². The zero-order valence-electron chi connectivity index (χ0n) is 17.0. The zero-order chi connectivity index (χ0) is 22.7. The van der Waals surface area contributed by atoms with Crippen molar-refractivity contribution in [1.82, 2.24) is 9.71 Å². The van der Waals surface area contributed by atoms with Gasteiger partial charge in [-0.15, -0.1) is 0 Å². The molecule has 0 bridgehead atoms. The van der Waals surface area contributed by atoms with Crippen molar-refractivity contribution in [2.75, 3.05) is 6.61 Å². The van der Waals surface area contributed by atoms with Gasteiger partial charge in [-0.1, -0.05) is 35.9 Å². The van der Waals surface area contributed by atoms with Crippen LogP contribution < -0.4 is 9.46 Å². The van der Waals surface area contributed by atoms with Crippen LogP contribution >= 0.6 is 11.6 Å². The van der Waals surface area contributed by atoms with Crippen LogP contribution in [-0.4, -0.2) is 31.1 Å². The third-order valence-corrected chi connectivity index (χ3v) is 7.01. The van der Waals surface area contributed by atoms with Crippen molar-refractivity contribution in [3.8, 4) is 17.0 Å². The lowest BCUT2D eigenvalue weighted by atomic mass is 9.87. The van der Waals surface area contributed by atoms with Crippen molar-refractivity contribution in [2.45, 2.75) is 30.2 Å². The Labute approximate surface area is 191 Å². The molecule has 9 heteroatoms. The molecule has 1 heterocycles. The first-order valence-corrected chi connectivity index (χ1v) is 11.9. The van der Waals surface area contributed by atoms with Gasteiger partial charge in [0.15, 0.2) is 6.61 Å². The number of pyridine rings is 1. The second kappa shape index (κ2) is 9.28. The number of aromatic nitrogens is 1. The Morgan fingerprint density at radius 1 is 1.16 bits per heavy atom. The molecular weight excluding hydrogens is 452 g/mol. The lowest BCUT2D eigenvalue weighted by Gasteiger charge is -2.27. The van der Waals surface area contributed by atoms with Crippen LogP contribution in [0.1, 0.15) is 30.0 Å². The number of nitrogens with zero attached hydrogens (tertiary/aromatic N) is 1. The first kappa shape index (κ1) is 22.3. The number of fused-ring (bicyclic) bond motifs is 1. The molecule has 0 fully saturated rings. The molecular formula is C23H21ClN2O5S. The number of hydrogen-bond donors (Lipinski definition) is 2. The monoisotopic (exact) mass is 472 g/mol. The number of carboxylic acids is 1. The largest absolute Gasteiger partial charge is 0.482 e. The molecule has 1 atom stereocenters. The first-order valence-electron chi connectivity index (χ1n) is 10.0. The average molecular weight is 473 g/mol. The zero-order valence-corrected chi connectivity index (χ0v) is 18.6. The van der Waals surface area contributed by atoms with Crippen molar-refractivity contribution in [3.05, 3.63) is 76.9 Å².